The van der Waals surface area contributed by atoms with Gasteiger partial charge in [-0.2, -0.15) is 0 Å². The fraction of sp³-hybridized carbons (Fsp3) is 0.929. The first kappa shape index (κ1) is 15.4. The van der Waals surface area contributed by atoms with Gasteiger partial charge in [0.2, 0.25) is 5.91 Å². The van der Waals surface area contributed by atoms with Crippen molar-refractivity contribution in [2.24, 2.45) is 0 Å². The summed E-state index contributed by atoms with van der Waals surface area (Å²) in [6.45, 7) is 14.2. The lowest BCUT2D eigenvalue weighted by atomic mass is 9.94. The molecular formula is C14H29N3O. The fourth-order valence-corrected chi connectivity index (χ4v) is 2.52. The van der Waals surface area contributed by atoms with Crippen LogP contribution >= 0.6 is 0 Å². The SMILES string of the molecule is CCCC(C)(C)NC(=O)C(C)(C)N1CCNCC1. The van der Waals surface area contributed by atoms with Gasteiger partial charge in [-0.25, -0.2) is 0 Å². The second-order valence-corrected chi connectivity index (χ2v) is 6.38. The first-order valence-corrected chi connectivity index (χ1v) is 7.08. The van der Waals surface area contributed by atoms with Crippen LogP contribution in [0.1, 0.15) is 47.5 Å². The van der Waals surface area contributed by atoms with E-state index in [1.165, 1.54) is 0 Å². The van der Waals surface area contributed by atoms with E-state index in [4.69, 9.17) is 0 Å². The molecule has 0 bridgehead atoms. The molecule has 18 heavy (non-hydrogen) atoms. The molecule has 0 spiro atoms. The number of hydrogen-bond acceptors (Lipinski definition) is 3. The molecule has 1 aliphatic rings. The summed E-state index contributed by atoms with van der Waals surface area (Å²) in [7, 11) is 0. The Bertz CT molecular complexity index is 281. The summed E-state index contributed by atoms with van der Waals surface area (Å²) in [6.07, 6.45) is 2.09. The topological polar surface area (TPSA) is 44.4 Å². The molecular weight excluding hydrogens is 226 g/mol. The standard InChI is InChI=1S/C14H29N3O/c1-6-7-13(2,3)16-12(18)14(4,5)17-10-8-15-9-11-17/h15H,6-11H2,1-5H3,(H,16,18). The van der Waals surface area contributed by atoms with Gasteiger partial charge in [0.05, 0.1) is 5.54 Å². The van der Waals surface area contributed by atoms with E-state index < -0.39 is 5.54 Å². The molecule has 0 unspecified atom stereocenters. The van der Waals surface area contributed by atoms with Crippen LogP contribution in [0, 0.1) is 0 Å². The maximum absolute atomic E-state index is 12.5. The van der Waals surface area contributed by atoms with Gasteiger partial charge in [0.1, 0.15) is 0 Å². The second kappa shape index (κ2) is 6.02. The Hall–Kier alpha value is -0.610. The van der Waals surface area contributed by atoms with Crippen molar-refractivity contribution < 1.29 is 4.79 Å². The van der Waals surface area contributed by atoms with Crippen molar-refractivity contribution in [2.45, 2.75) is 58.5 Å². The van der Waals surface area contributed by atoms with Crippen molar-refractivity contribution in [3.8, 4) is 0 Å². The van der Waals surface area contributed by atoms with E-state index in [9.17, 15) is 4.79 Å². The summed E-state index contributed by atoms with van der Waals surface area (Å²) in [5.74, 6) is 0.142. The quantitative estimate of drug-likeness (QED) is 0.780. The molecule has 0 aromatic rings. The molecule has 1 amide bonds. The highest BCUT2D eigenvalue weighted by Crippen LogP contribution is 2.18. The molecule has 0 radical (unpaired) electrons. The van der Waals surface area contributed by atoms with E-state index in [-0.39, 0.29) is 11.4 Å². The van der Waals surface area contributed by atoms with Gasteiger partial charge in [-0.1, -0.05) is 13.3 Å². The fourth-order valence-electron chi connectivity index (χ4n) is 2.52. The Morgan fingerprint density at radius 1 is 1.22 bits per heavy atom. The van der Waals surface area contributed by atoms with Crippen molar-refractivity contribution in [3.05, 3.63) is 0 Å². The zero-order valence-corrected chi connectivity index (χ0v) is 12.6. The summed E-state index contributed by atoms with van der Waals surface area (Å²) in [5.41, 5.74) is -0.537. The molecule has 1 heterocycles. The highest BCUT2D eigenvalue weighted by Gasteiger charge is 2.37. The first-order chi connectivity index (χ1) is 8.29. The highest BCUT2D eigenvalue weighted by atomic mass is 16.2. The van der Waals surface area contributed by atoms with Crippen LogP contribution in [0.2, 0.25) is 0 Å². The first-order valence-electron chi connectivity index (χ1n) is 7.08. The predicted octanol–water partition coefficient (Wildman–Crippen LogP) is 1.37. The molecule has 0 aromatic carbocycles. The molecule has 4 heteroatoms. The van der Waals surface area contributed by atoms with Gasteiger partial charge >= 0.3 is 0 Å². The van der Waals surface area contributed by atoms with Crippen LogP contribution in [0.25, 0.3) is 0 Å². The molecule has 0 aliphatic carbocycles. The van der Waals surface area contributed by atoms with Crippen LogP contribution in [0.5, 0.6) is 0 Å². The average Bonchev–Trinajstić information content (AvgIpc) is 2.29. The number of carbonyl (C=O) groups is 1. The Balaban J connectivity index is 2.63. The largest absolute Gasteiger partial charge is 0.350 e. The number of piperazine rings is 1. The van der Waals surface area contributed by atoms with E-state index in [2.05, 4.69) is 36.3 Å². The zero-order valence-electron chi connectivity index (χ0n) is 12.6. The Kier molecular flexibility index (Phi) is 5.17. The third-order valence-electron chi connectivity index (χ3n) is 3.79. The van der Waals surface area contributed by atoms with Crippen LogP contribution < -0.4 is 10.6 Å². The van der Waals surface area contributed by atoms with E-state index in [1.54, 1.807) is 0 Å². The lowest BCUT2D eigenvalue weighted by Gasteiger charge is -2.41. The summed E-state index contributed by atoms with van der Waals surface area (Å²) >= 11 is 0. The molecule has 0 aromatic heterocycles. The molecule has 0 atom stereocenters. The van der Waals surface area contributed by atoms with Crippen LogP contribution in [-0.2, 0) is 4.79 Å². The predicted molar refractivity (Wildman–Crippen MR) is 75.7 cm³/mol. The number of amides is 1. The number of nitrogens with one attached hydrogen (secondary N) is 2. The van der Waals surface area contributed by atoms with Crippen molar-refractivity contribution >= 4 is 5.91 Å². The number of carbonyl (C=O) groups excluding carboxylic acids is 1. The number of nitrogens with zero attached hydrogens (tertiary/aromatic N) is 1. The molecule has 4 nitrogen and oxygen atoms in total. The molecule has 2 N–H and O–H groups in total. The minimum absolute atomic E-state index is 0.114. The van der Waals surface area contributed by atoms with Gasteiger partial charge in [-0.3, -0.25) is 9.69 Å². The normalized spacial score (nSPS) is 18.7. The molecule has 0 saturated carbocycles. The maximum Gasteiger partial charge on any atom is 0.240 e. The van der Waals surface area contributed by atoms with E-state index >= 15 is 0 Å². The Morgan fingerprint density at radius 2 is 1.78 bits per heavy atom. The van der Waals surface area contributed by atoms with Crippen LogP contribution in [0.15, 0.2) is 0 Å². The van der Waals surface area contributed by atoms with Gasteiger partial charge in [0, 0.05) is 31.7 Å². The van der Waals surface area contributed by atoms with Gasteiger partial charge in [0.25, 0.3) is 0 Å². The van der Waals surface area contributed by atoms with Gasteiger partial charge in [-0.05, 0) is 34.1 Å². The zero-order chi connectivity index (χ0) is 13.8. The van der Waals surface area contributed by atoms with Crippen molar-refractivity contribution in [1.82, 2.24) is 15.5 Å². The van der Waals surface area contributed by atoms with Crippen molar-refractivity contribution in [1.29, 1.82) is 0 Å². The minimum Gasteiger partial charge on any atom is -0.350 e. The third kappa shape index (κ3) is 3.95. The molecule has 106 valence electrons. The molecule has 1 aliphatic heterocycles. The molecule has 1 saturated heterocycles. The van der Waals surface area contributed by atoms with Crippen LogP contribution in [0.3, 0.4) is 0 Å². The average molecular weight is 255 g/mol. The minimum atomic E-state index is -0.424. The van der Waals surface area contributed by atoms with Gasteiger partial charge in [0.15, 0.2) is 0 Å². The lowest BCUT2D eigenvalue weighted by Crippen LogP contribution is -2.62. The maximum atomic E-state index is 12.5. The summed E-state index contributed by atoms with van der Waals surface area (Å²) < 4.78 is 0. The smallest absolute Gasteiger partial charge is 0.240 e. The summed E-state index contributed by atoms with van der Waals surface area (Å²) in [6, 6.07) is 0. The van der Waals surface area contributed by atoms with Gasteiger partial charge < -0.3 is 10.6 Å². The van der Waals surface area contributed by atoms with Crippen molar-refractivity contribution in [2.75, 3.05) is 26.2 Å². The number of hydrogen-bond donors (Lipinski definition) is 2. The van der Waals surface area contributed by atoms with Crippen LogP contribution in [0.4, 0.5) is 0 Å². The lowest BCUT2D eigenvalue weighted by molar-refractivity contribution is -0.133. The van der Waals surface area contributed by atoms with Gasteiger partial charge in [-0.15, -0.1) is 0 Å². The summed E-state index contributed by atoms with van der Waals surface area (Å²) in [4.78, 5) is 14.7. The summed E-state index contributed by atoms with van der Waals surface area (Å²) in [5, 5.41) is 6.51. The van der Waals surface area contributed by atoms with Crippen LogP contribution in [-0.4, -0.2) is 48.1 Å². The van der Waals surface area contributed by atoms with E-state index in [1.807, 2.05) is 13.8 Å². The van der Waals surface area contributed by atoms with Crippen molar-refractivity contribution in [3.63, 3.8) is 0 Å². The monoisotopic (exact) mass is 255 g/mol. The van der Waals surface area contributed by atoms with E-state index in [0.29, 0.717) is 0 Å². The molecule has 1 fully saturated rings. The van der Waals surface area contributed by atoms with E-state index in [0.717, 1.165) is 39.0 Å². The number of rotatable bonds is 5. The second-order valence-electron chi connectivity index (χ2n) is 6.38. The Morgan fingerprint density at radius 3 is 2.28 bits per heavy atom. The third-order valence-corrected chi connectivity index (χ3v) is 3.79. The molecule has 1 rings (SSSR count). The Labute approximate surface area is 111 Å². The highest BCUT2D eigenvalue weighted by molar-refractivity contribution is 5.86.